The molecule has 0 aromatic heterocycles. The van der Waals surface area contributed by atoms with Crippen LogP contribution in [-0.2, 0) is 0 Å². The maximum absolute atomic E-state index is 4.01. The predicted molar refractivity (Wildman–Crippen MR) is 177 cm³/mol. The van der Waals surface area contributed by atoms with Crippen molar-refractivity contribution in [1.29, 1.82) is 0 Å². The molecule has 5 aromatic rings. The van der Waals surface area contributed by atoms with Gasteiger partial charge in [-0.2, -0.15) is 0 Å². The Balaban J connectivity index is 1.37. The Bertz CT molecular complexity index is 1620. The average molecular weight is 519 g/mol. The Kier molecular flexibility index (Phi) is 8.38. The number of nitrogens with one attached hydrogen (secondary N) is 1. The SMILES string of the molecule is C=Cc1ccc(NC(C=C)C/C=C/c2ccc(N(c3ccc(C=C)cc3)c3cccc4ccccc34)cc2)cc1. The molecular weight excluding hydrogens is 484 g/mol. The van der Waals surface area contributed by atoms with Crippen molar-refractivity contribution in [1.82, 2.24) is 0 Å². The highest BCUT2D eigenvalue weighted by molar-refractivity contribution is 5.98. The van der Waals surface area contributed by atoms with Gasteiger partial charge < -0.3 is 10.2 Å². The number of anilines is 4. The van der Waals surface area contributed by atoms with Crippen molar-refractivity contribution in [3.8, 4) is 0 Å². The van der Waals surface area contributed by atoms with Gasteiger partial charge >= 0.3 is 0 Å². The minimum Gasteiger partial charge on any atom is -0.379 e. The van der Waals surface area contributed by atoms with Crippen molar-refractivity contribution in [3.05, 3.63) is 164 Å². The molecule has 0 fully saturated rings. The van der Waals surface area contributed by atoms with Gasteiger partial charge in [0.15, 0.2) is 0 Å². The van der Waals surface area contributed by atoms with Crippen molar-refractivity contribution in [3.63, 3.8) is 0 Å². The van der Waals surface area contributed by atoms with Gasteiger partial charge in [0, 0.05) is 28.5 Å². The van der Waals surface area contributed by atoms with E-state index >= 15 is 0 Å². The molecule has 0 amide bonds. The zero-order valence-electron chi connectivity index (χ0n) is 22.7. The topological polar surface area (TPSA) is 15.3 Å². The van der Waals surface area contributed by atoms with Crippen molar-refractivity contribution >= 4 is 51.8 Å². The van der Waals surface area contributed by atoms with Crippen LogP contribution in [0.1, 0.15) is 23.1 Å². The summed E-state index contributed by atoms with van der Waals surface area (Å²) in [6.45, 7) is 11.7. The number of hydrogen-bond donors (Lipinski definition) is 1. The number of rotatable bonds is 11. The fourth-order valence-electron chi connectivity index (χ4n) is 4.82. The normalized spacial score (nSPS) is 11.7. The number of fused-ring (bicyclic) bond motifs is 1. The van der Waals surface area contributed by atoms with E-state index in [9.17, 15) is 0 Å². The van der Waals surface area contributed by atoms with Crippen LogP contribution in [0.2, 0.25) is 0 Å². The number of hydrogen-bond acceptors (Lipinski definition) is 2. The van der Waals surface area contributed by atoms with Crippen LogP contribution in [0.15, 0.2) is 147 Å². The van der Waals surface area contributed by atoms with Crippen LogP contribution in [-0.4, -0.2) is 6.04 Å². The van der Waals surface area contributed by atoms with Crippen molar-refractivity contribution in [2.45, 2.75) is 12.5 Å². The first-order valence-electron chi connectivity index (χ1n) is 13.6. The molecule has 40 heavy (non-hydrogen) atoms. The zero-order valence-corrected chi connectivity index (χ0v) is 22.7. The van der Waals surface area contributed by atoms with E-state index in [-0.39, 0.29) is 6.04 Å². The number of benzene rings is 5. The summed E-state index contributed by atoms with van der Waals surface area (Å²) in [5.41, 5.74) is 7.79. The van der Waals surface area contributed by atoms with Gasteiger partial charge in [0.2, 0.25) is 0 Å². The number of nitrogens with zero attached hydrogens (tertiary/aromatic N) is 1. The lowest BCUT2D eigenvalue weighted by molar-refractivity contribution is 0.898. The molecule has 1 unspecified atom stereocenters. The van der Waals surface area contributed by atoms with E-state index in [4.69, 9.17) is 0 Å². The molecule has 2 nitrogen and oxygen atoms in total. The van der Waals surface area contributed by atoms with Gasteiger partial charge in [0.1, 0.15) is 0 Å². The van der Waals surface area contributed by atoms with Crippen LogP contribution in [0.5, 0.6) is 0 Å². The molecule has 5 aromatic carbocycles. The summed E-state index contributed by atoms with van der Waals surface area (Å²) in [6, 6.07) is 40.6. The van der Waals surface area contributed by atoms with E-state index in [1.807, 2.05) is 18.2 Å². The van der Waals surface area contributed by atoms with Gasteiger partial charge in [-0.1, -0.05) is 116 Å². The minimum atomic E-state index is 0.144. The highest BCUT2D eigenvalue weighted by atomic mass is 15.1. The lowest BCUT2D eigenvalue weighted by Crippen LogP contribution is -2.15. The third-order valence-corrected chi connectivity index (χ3v) is 7.03. The van der Waals surface area contributed by atoms with E-state index in [1.165, 1.54) is 10.8 Å². The molecule has 1 atom stereocenters. The van der Waals surface area contributed by atoms with Gasteiger partial charge in [0.25, 0.3) is 0 Å². The van der Waals surface area contributed by atoms with E-state index < -0.39 is 0 Å². The largest absolute Gasteiger partial charge is 0.379 e. The standard InChI is InChI=1S/C38H34N2/c1-4-29-17-23-34(24-18-29)39-33(6-3)14-9-11-31-21-27-36(28-22-31)40(35-25-19-30(5-2)20-26-35)38-16-10-13-32-12-7-8-15-37(32)38/h4-13,15-28,33,39H,1-3,14H2/b11-9+. The molecule has 0 saturated heterocycles. The summed E-state index contributed by atoms with van der Waals surface area (Å²) in [6.07, 6.45) is 10.9. The van der Waals surface area contributed by atoms with E-state index in [1.54, 1.807) is 0 Å². The highest BCUT2D eigenvalue weighted by Gasteiger charge is 2.15. The second-order valence-corrected chi connectivity index (χ2v) is 9.67. The molecule has 0 bridgehead atoms. The first-order valence-corrected chi connectivity index (χ1v) is 13.6. The quantitative estimate of drug-likeness (QED) is 0.175. The fraction of sp³-hybridized carbons (Fsp3) is 0.0526. The van der Waals surface area contributed by atoms with E-state index in [0.717, 1.165) is 45.9 Å². The Morgan fingerprint density at radius 1 is 0.625 bits per heavy atom. The Morgan fingerprint density at radius 3 is 1.82 bits per heavy atom. The van der Waals surface area contributed by atoms with E-state index in [2.05, 4.69) is 157 Å². The maximum atomic E-state index is 4.01. The first-order chi connectivity index (χ1) is 19.7. The Labute approximate surface area is 237 Å². The molecule has 0 heterocycles. The molecule has 1 N–H and O–H groups in total. The van der Waals surface area contributed by atoms with Crippen molar-refractivity contribution < 1.29 is 0 Å². The van der Waals surface area contributed by atoms with Crippen LogP contribution in [0, 0.1) is 0 Å². The summed E-state index contributed by atoms with van der Waals surface area (Å²) >= 11 is 0. The van der Waals surface area contributed by atoms with Crippen molar-refractivity contribution in [2.75, 3.05) is 10.2 Å². The molecule has 0 saturated carbocycles. The molecule has 5 rings (SSSR count). The van der Waals surface area contributed by atoms with Gasteiger partial charge in [-0.3, -0.25) is 0 Å². The van der Waals surface area contributed by atoms with Gasteiger partial charge in [-0.15, -0.1) is 6.58 Å². The summed E-state index contributed by atoms with van der Waals surface area (Å²) in [7, 11) is 0. The zero-order chi connectivity index (χ0) is 27.7. The summed E-state index contributed by atoms with van der Waals surface area (Å²) < 4.78 is 0. The van der Waals surface area contributed by atoms with Gasteiger partial charge in [-0.05, 0) is 71.0 Å². The summed E-state index contributed by atoms with van der Waals surface area (Å²) in [5, 5.41) is 5.96. The molecule has 0 spiro atoms. The van der Waals surface area contributed by atoms with Crippen LogP contribution < -0.4 is 10.2 Å². The first kappa shape index (κ1) is 26.5. The minimum absolute atomic E-state index is 0.144. The third-order valence-electron chi connectivity index (χ3n) is 7.03. The molecule has 2 heteroatoms. The lowest BCUT2D eigenvalue weighted by Gasteiger charge is -2.27. The van der Waals surface area contributed by atoms with Gasteiger partial charge in [-0.25, -0.2) is 0 Å². The third kappa shape index (κ3) is 6.14. The molecule has 0 aliphatic carbocycles. The monoisotopic (exact) mass is 518 g/mol. The second-order valence-electron chi connectivity index (χ2n) is 9.67. The molecule has 0 aliphatic rings. The lowest BCUT2D eigenvalue weighted by atomic mass is 10.1. The molecule has 0 aliphatic heterocycles. The van der Waals surface area contributed by atoms with Crippen molar-refractivity contribution in [2.24, 2.45) is 0 Å². The summed E-state index contributed by atoms with van der Waals surface area (Å²) in [5.74, 6) is 0. The van der Waals surface area contributed by atoms with Crippen LogP contribution in [0.4, 0.5) is 22.7 Å². The van der Waals surface area contributed by atoms with Crippen LogP contribution in [0.3, 0.4) is 0 Å². The average Bonchev–Trinajstić information content (AvgIpc) is 3.02. The highest BCUT2D eigenvalue weighted by Crippen LogP contribution is 2.39. The molecule has 0 radical (unpaired) electrons. The second kappa shape index (κ2) is 12.6. The smallest absolute Gasteiger partial charge is 0.0540 e. The van der Waals surface area contributed by atoms with E-state index in [0.29, 0.717) is 0 Å². The Morgan fingerprint density at radius 2 is 1.20 bits per heavy atom. The van der Waals surface area contributed by atoms with Gasteiger partial charge in [0.05, 0.1) is 5.69 Å². The maximum Gasteiger partial charge on any atom is 0.0540 e. The summed E-state index contributed by atoms with van der Waals surface area (Å²) in [4.78, 5) is 2.32. The fourth-order valence-corrected chi connectivity index (χ4v) is 4.82. The molecule has 196 valence electrons. The Hall–Kier alpha value is -5.08. The van der Waals surface area contributed by atoms with Crippen LogP contribution in [0.25, 0.3) is 29.0 Å². The van der Waals surface area contributed by atoms with Crippen LogP contribution >= 0.6 is 0 Å². The molecular formula is C38H34N2. The predicted octanol–water partition coefficient (Wildman–Crippen LogP) is 10.7.